The molecule has 1 unspecified atom stereocenters. The molecule has 5 nitrogen and oxygen atoms in total. The van der Waals surface area contributed by atoms with Crippen LogP contribution in [0, 0.1) is 5.92 Å². The SMILES string of the molecule is CCN1CCC(CNc2cc(NC)nc(C(C)(C)C)n2)C1. The highest BCUT2D eigenvalue weighted by Gasteiger charge is 2.22. The first-order valence-electron chi connectivity index (χ1n) is 7.96. The van der Waals surface area contributed by atoms with Crippen molar-refractivity contribution in [1.29, 1.82) is 0 Å². The summed E-state index contributed by atoms with van der Waals surface area (Å²) >= 11 is 0. The summed E-state index contributed by atoms with van der Waals surface area (Å²) in [6.07, 6.45) is 1.27. The number of nitrogens with zero attached hydrogens (tertiary/aromatic N) is 3. The zero-order chi connectivity index (χ0) is 15.5. The lowest BCUT2D eigenvalue weighted by Gasteiger charge is -2.19. The van der Waals surface area contributed by atoms with Crippen LogP contribution < -0.4 is 10.6 Å². The fourth-order valence-corrected chi connectivity index (χ4v) is 2.62. The van der Waals surface area contributed by atoms with Crippen molar-refractivity contribution in [3.63, 3.8) is 0 Å². The van der Waals surface area contributed by atoms with Crippen molar-refractivity contribution < 1.29 is 0 Å². The third-order valence-corrected chi connectivity index (χ3v) is 4.04. The highest BCUT2D eigenvalue weighted by atomic mass is 15.1. The smallest absolute Gasteiger partial charge is 0.138 e. The van der Waals surface area contributed by atoms with Gasteiger partial charge in [0.2, 0.25) is 0 Å². The summed E-state index contributed by atoms with van der Waals surface area (Å²) < 4.78 is 0. The van der Waals surface area contributed by atoms with Crippen LogP contribution in [-0.4, -0.2) is 48.1 Å². The molecule has 0 spiro atoms. The van der Waals surface area contributed by atoms with Gasteiger partial charge in [-0.25, -0.2) is 9.97 Å². The first-order chi connectivity index (χ1) is 9.92. The molecule has 1 aromatic rings. The van der Waals surface area contributed by atoms with Gasteiger partial charge >= 0.3 is 0 Å². The molecular formula is C16H29N5. The van der Waals surface area contributed by atoms with Crippen molar-refractivity contribution in [2.24, 2.45) is 5.92 Å². The number of anilines is 2. The van der Waals surface area contributed by atoms with Crippen molar-refractivity contribution in [2.75, 3.05) is 43.9 Å². The topological polar surface area (TPSA) is 53.1 Å². The van der Waals surface area contributed by atoms with E-state index in [4.69, 9.17) is 0 Å². The first kappa shape index (κ1) is 16.0. The molecule has 1 aliphatic heterocycles. The summed E-state index contributed by atoms with van der Waals surface area (Å²) in [5.41, 5.74) is -0.0460. The molecule has 5 heteroatoms. The predicted octanol–water partition coefficient (Wildman–Crippen LogP) is 2.57. The monoisotopic (exact) mass is 291 g/mol. The van der Waals surface area contributed by atoms with E-state index in [1.165, 1.54) is 19.5 Å². The molecule has 0 saturated carbocycles. The fraction of sp³-hybridized carbons (Fsp3) is 0.750. The summed E-state index contributed by atoms with van der Waals surface area (Å²) in [4.78, 5) is 11.7. The summed E-state index contributed by atoms with van der Waals surface area (Å²) in [7, 11) is 1.90. The predicted molar refractivity (Wildman–Crippen MR) is 89.0 cm³/mol. The third kappa shape index (κ3) is 4.30. The zero-order valence-corrected chi connectivity index (χ0v) is 14.0. The molecule has 0 aliphatic carbocycles. The molecule has 0 bridgehead atoms. The first-order valence-corrected chi connectivity index (χ1v) is 7.96. The standard InChI is InChI=1S/C16H29N5/c1-6-21-8-7-12(11-21)10-18-14-9-13(17-5)19-15(20-14)16(2,3)4/h9,12H,6-8,10-11H2,1-5H3,(H2,17,18,19,20). The Morgan fingerprint density at radius 2 is 2.00 bits per heavy atom. The lowest BCUT2D eigenvalue weighted by atomic mass is 9.96. The van der Waals surface area contributed by atoms with Gasteiger partial charge in [-0.05, 0) is 25.4 Å². The van der Waals surface area contributed by atoms with Crippen molar-refractivity contribution >= 4 is 11.6 Å². The normalized spacial score (nSPS) is 19.8. The van der Waals surface area contributed by atoms with Gasteiger partial charge in [0, 0.05) is 31.6 Å². The van der Waals surface area contributed by atoms with Crippen LogP contribution in [0.3, 0.4) is 0 Å². The van der Waals surface area contributed by atoms with E-state index in [1.54, 1.807) is 0 Å². The van der Waals surface area contributed by atoms with Crippen molar-refractivity contribution in [3.8, 4) is 0 Å². The number of hydrogen-bond acceptors (Lipinski definition) is 5. The highest BCUT2D eigenvalue weighted by molar-refractivity contribution is 5.47. The van der Waals surface area contributed by atoms with E-state index < -0.39 is 0 Å². The summed E-state index contributed by atoms with van der Waals surface area (Å²) in [6.45, 7) is 13.2. The molecule has 1 fully saturated rings. The minimum absolute atomic E-state index is 0.0460. The molecule has 1 aliphatic rings. The molecule has 2 rings (SSSR count). The van der Waals surface area contributed by atoms with Crippen molar-refractivity contribution in [1.82, 2.24) is 14.9 Å². The molecule has 2 heterocycles. The molecular weight excluding hydrogens is 262 g/mol. The van der Waals surface area contributed by atoms with Crippen LogP contribution in [-0.2, 0) is 5.41 Å². The van der Waals surface area contributed by atoms with Gasteiger partial charge in [0.25, 0.3) is 0 Å². The molecule has 1 aromatic heterocycles. The number of aromatic nitrogens is 2. The lowest BCUT2D eigenvalue weighted by Crippen LogP contribution is -2.23. The van der Waals surface area contributed by atoms with E-state index in [0.717, 1.165) is 36.5 Å². The quantitative estimate of drug-likeness (QED) is 0.873. The number of nitrogens with one attached hydrogen (secondary N) is 2. The van der Waals surface area contributed by atoms with Gasteiger partial charge in [-0.15, -0.1) is 0 Å². The summed E-state index contributed by atoms with van der Waals surface area (Å²) in [5, 5.41) is 6.63. The van der Waals surface area contributed by atoms with E-state index >= 15 is 0 Å². The Morgan fingerprint density at radius 1 is 1.29 bits per heavy atom. The zero-order valence-electron chi connectivity index (χ0n) is 14.0. The van der Waals surface area contributed by atoms with Crippen LogP contribution >= 0.6 is 0 Å². The average molecular weight is 291 g/mol. The van der Waals surface area contributed by atoms with Gasteiger partial charge in [0.15, 0.2) is 0 Å². The second kappa shape index (κ2) is 6.60. The van der Waals surface area contributed by atoms with E-state index in [9.17, 15) is 0 Å². The lowest BCUT2D eigenvalue weighted by molar-refractivity contribution is 0.345. The Balaban J connectivity index is 2.02. The summed E-state index contributed by atoms with van der Waals surface area (Å²) in [6, 6.07) is 1.99. The van der Waals surface area contributed by atoms with Gasteiger partial charge in [0.05, 0.1) is 0 Å². The number of rotatable bonds is 5. The molecule has 21 heavy (non-hydrogen) atoms. The van der Waals surface area contributed by atoms with Gasteiger partial charge in [-0.3, -0.25) is 0 Å². The average Bonchev–Trinajstić information content (AvgIpc) is 2.92. The van der Waals surface area contributed by atoms with Crippen LogP contribution in [0.2, 0.25) is 0 Å². The maximum absolute atomic E-state index is 4.68. The van der Waals surface area contributed by atoms with Gasteiger partial charge in [0.1, 0.15) is 17.5 Å². The molecule has 0 amide bonds. The van der Waals surface area contributed by atoms with Crippen LogP contribution in [0.25, 0.3) is 0 Å². The number of hydrogen-bond donors (Lipinski definition) is 2. The molecule has 0 aromatic carbocycles. The Morgan fingerprint density at radius 3 is 2.57 bits per heavy atom. The van der Waals surface area contributed by atoms with Gasteiger partial charge in [-0.2, -0.15) is 0 Å². The fourth-order valence-electron chi connectivity index (χ4n) is 2.62. The second-order valence-electron chi connectivity index (χ2n) is 6.89. The molecule has 1 saturated heterocycles. The largest absolute Gasteiger partial charge is 0.373 e. The molecule has 1 atom stereocenters. The second-order valence-corrected chi connectivity index (χ2v) is 6.89. The molecule has 2 N–H and O–H groups in total. The Labute approximate surface area is 128 Å². The molecule has 118 valence electrons. The van der Waals surface area contributed by atoms with Crippen LogP contribution in [0.1, 0.15) is 39.9 Å². The minimum atomic E-state index is -0.0460. The van der Waals surface area contributed by atoms with Crippen LogP contribution in [0.4, 0.5) is 11.6 Å². The highest BCUT2D eigenvalue weighted by Crippen LogP contribution is 2.23. The molecule has 0 radical (unpaired) electrons. The Kier molecular flexibility index (Phi) is 5.04. The van der Waals surface area contributed by atoms with E-state index in [0.29, 0.717) is 0 Å². The Bertz CT molecular complexity index is 466. The van der Waals surface area contributed by atoms with E-state index in [2.05, 4.69) is 53.2 Å². The van der Waals surface area contributed by atoms with E-state index in [-0.39, 0.29) is 5.41 Å². The van der Waals surface area contributed by atoms with Crippen LogP contribution in [0.15, 0.2) is 6.07 Å². The van der Waals surface area contributed by atoms with Crippen molar-refractivity contribution in [3.05, 3.63) is 11.9 Å². The van der Waals surface area contributed by atoms with Gasteiger partial charge < -0.3 is 15.5 Å². The Hall–Kier alpha value is -1.36. The number of likely N-dealkylation sites (tertiary alicyclic amines) is 1. The maximum atomic E-state index is 4.68. The van der Waals surface area contributed by atoms with E-state index in [1.807, 2.05) is 13.1 Å². The van der Waals surface area contributed by atoms with Crippen molar-refractivity contribution in [2.45, 2.75) is 39.5 Å². The summed E-state index contributed by atoms with van der Waals surface area (Å²) in [5.74, 6) is 3.39. The van der Waals surface area contributed by atoms with Gasteiger partial charge in [-0.1, -0.05) is 27.7 Å². The van der Waals surface area contributed by atoms with Crippen LogP contribution in [0.5, 0.6) is 0 Å². The minimum Gasteiger partial charge on any atom is -0.373 e. The maximum Gasteiger partial charge on any atom is 0.138 e. The third-order valence-electron chi connectivity index (χ3n) is 4.04.